The smallest absolute Gasteiger partial charge is 0.251 e. The summed E-state index contributed by atoms with van der Waals surface area (Å²) in [7, 11) is 1.17. The molecule has 0 radical (unpaired) electrons. The van der Waals surface area contributed by atoms with Crippen LogP contribution in [0, 0.1) is 0 Å². The molecule has 1 N–H and O–H groups in total. The number of ether oxygens (including phenoxy) is 1. The average Bonchev–Trinajstić information content (AvgIpc) is 2.61. The van der Waals surface area contributed by atoms with Crippen LogP contribution in [0.5, 0.6) is 5.75 Å². The van der Waals surface area contributed by atoms with Crippen LogP contribution in [-0.2, 0) is 10.0 Å². The topological polar surface area (TPSA) is 88.6 Å². The van der Waals surface area contributed by atoms with Crippen molar-refractivity contribution in [2.24, 2.45) is 0 Å². The largest absolute Gasteiger partial charge is 0.495 e. The van der Waals surface area contributed by atoms with Crippen LogP contribution >= 0.6 is 0 Å². The van der Waals surface area contributed by atoms with Crippen molar-refractivity contribution in [3.05, 3.63) is 48.3 Å². The van der Waals surface area contributed by atoms with Gasteiger partial charge in [-0.3, -0.25) is 9.78 Å². The summed E-state index contributed by atoms with van der Waals surface area (Å²) in [5.74, 6) is 0.199. The minimum atomic E-state index is -3.33. The molecule has 0 saturated carbocycles. The molecule has 0 aliphatic heterocycles. The van der Waals surface area contributed by atoms with Gasteiger partial charge in [-0.25, -0.2) is 12.7 Å². The standard InChI is InChI=1S/C17H21N3O4S/c1-20(2)25(22,23)9-8-19-17(21)14-6-4-13(5-7-14)15-10-16(24-3)12-18-11-15/h4-7,10-12H,8-9H2,1-3H3,(H,19,21). The Morgan fingerprint density at radius 2 is 1.84 bits per heavy atom. The molecule has 134 valence electrons. The highest BCUT2D eigenvalue weighted by Crippen LogP contribution is 2.22. The van der Waals surface area contributed by atoms with Gasteiger partial charge in [0.25, 0.3) is 5.91 Å². The number of methoxy groups -OCH3 is 1. The molecule has 1 amide bonds. The number of nitrogens with one attached hydrogen (secondary N) is 1. The van der Waals surface area contributed by atoms with Crippen LogP contribution < -0.4 is 10.1 Å². The van der Waals surface area contributed by atoms with Crippen molar-refractivity contribution >= 4 is 15.9 Å². The molecule has 1 aromatic heterocycles. The van der Waals surface area contributed by atoms with Crippen LogP contribution in [0.25, 0.3) is 11.1 Å². The van der Waals surface area contributed by atoms with Crippen molar-refractivity contribution in [1.29, 1.82) is 0 Å². The summed E-state index contributed by atoms with van der Waals surface area (Å²) in [5.41, 5.74) is 2.24. The van der Waals surface area contributed by atoms with E-state index < -0.39 is 10.0 Å². The Hall–Kier alpha value is -2.45. The van der Waals surface area contributed by atoms with Crippen molar-refractivity contribution in [2.75, 3.05) is 33.5 Å². The molecule has 0 spiro atoms. The minimum Gasteiger partial charge on any atom is -0.495 e. The molecule has 0 saturated heterocycles. The summed E-state index contributed by atoms with van der Waals surface area (Å²) in [5, 5.41) is 2.61. The van der Waals surface area contributed by atoms with Gasteiger partial charge in [0.2, 0.25) is 10.0 Å². The molecule has 0 atom stereocenters. The van der Waals surface area contributed by atoms with E-state index >= 15 is 0 Å². The number of pyridine rings is 1. The zero-order valence-corrected chi connectivity index (χ0v) is 15.2. The van der Waals surface area contributed by atoms with Gasteiger partial charge in [0.1, 0.15) is 5.75 Å². The number of carbonyl (C=O) groups is 1. The fourth-order valence-electron chi connectivity index (χ4n) is 2.08. The van der Waals surface area contributed by atoms with Crippen molar-refractivity contribution in [1.82, 2.24) is 14.6 Å². The van der Waals surface area contributed by atoms with E-state index in [0.717, 1.165) is 15.4 Å². The molecule has 7 nitrogen and oxygen atoms in total. The first-order valence-corrected chi connectivity index (χ1v) is 9.22. The average molecular weight is 363 g/mol. The number of rotatable bonds is 7. The predicted octanol–water partition coefficient (Wildman–Crippen LogP) is 1.38. The summed E-state index contributed by atoms with van der Waals surface area (Å²) in [6.07, 6.45) is 3.33. The van der Waals surface area contributed by atoms with E-state index in [1.165, 1.54) is 14.1 Å². The van der Waals surface area contributed by atoms with E-state index in [2.05, 4.69) is 10.3 Å². The molecule has 0 fully saturated rings. The number of benzene rings is 1. The highest BCUT2D eigenvalue weighted by molar-refractivity contribution is 7.89. The molecule has 1 aromatic carbocycles. The predicted molar refractivity (Wildman–Crippen MR) is 96.0 cm³/mol. The highest BCUT2D eigenvalue weighted by atomic mass is 32.2. The van der Waals surface area contributed by atoms with Crippen molar-refractivity contribution in [3.8, 4) is 16.9 Å². The van der Waals surface area contributed by atoms with Gasteiger partial charge < -0.3 is 10.1 Å². The molecule has 8 heteroatoms. The molecule has 2 aromatic rings. The fourth-order valence-corrected chi connectivity index (χ4v) is 2.81. The van der Waals surface area contributed by atoms with Crippen LogP contribution in [0.1, 0.15) is 10.4 Å². The summed E-state index contributed by atoms with van der Waals surface area (Å²) in [4.78, 5) is 16.2. The Bertz CT molecular complexity index is 833. The normalized spacial score (nSPS) is 11.4. The molecule has 1 heterocycles. The number of hydrogen-bond acceptors (Lipinski definition) is 5. The van der Waals surface area contributed by atoms with Gasteiger partial charge in [-0.15, -0.1) is 0 Å². The van der Waals surface area contributed by atoms with E-state index in [0.29, 0.717) is 11.3 Å². The van der Waals surface area contributed by atoms with Crippen LogP contribution in [0.2, 0.25) is 0 Å². The number of hydrogen-bond donors (Lipinski definition) is 1. The first-order chi connectivity index (χ1) is 11.8. The molecule has 0 bridgehead atoms. The Morgan fingerprint density at radius 1 is 1.16 bits per heavy atom. The number of amides is 1. The van der Waals surface area contributed by atoms with E-state index in [9.17, 15) is 13.2 Å². The lowest BCUT2D eigenvalue weighted by Gasteiger charge is -2.11. The molecular weight excluding hydrogens is 342 g/mol. The maximum atomic E-state index is 12.1. The monoisotopic (exact) mass is 363 g/mol. The SMILES string of the molecule is COc1cncc(-c2ccc(C(=O)NCCS(=O)(=O)N(C)C)cc2)c1. The Kier molecular flexibility index (Phi) is 6.11. The second-order valence-corrected chi connectivity index (χ2v) is 7.85. The van der Waals surface area contributed by atoms with Gasteiger partial charge in [-0.05, 0) is 23.8 Å². The zero-order chi connectivity index (χ0) is 18.4. The second kappa shape index (κ2) is 8.09. The van der Waals surface area contributed by atoms with Gasteiger partial charge in [-0.1, -0.05) is 12.1 Å². The van der Waals surface area contributed by atoms with Gasteiger partial charge in [0.15, 0.2) is 0 Å². The third-order valence-corrected chi connectivity index (χ3v) is 5.46. The Labute approximate surface area is 147 Å². The summed E-state index contributed by atoms with van der Waals surface area (Å²) in [6, 6.07) is 8.84. The lowest BCUT2D eigenvalue weighted by atomic mass is 10.1. The summed E-state index contributed by atoms with van der Waals surface area (Å²) in [6.45, 7) is 0.0565. The number of nitrogens with zero attached hydrogens (tertiary/aromatic N) is 2. The second-order valence-electron chi connectivity index (χ2n) is 5.55. The summed E-state index contributed by atoms with van der Waals surface area (Å²) >= 11 is 0. The van der Waals surface area contributed by atoms with Crippen LogP contribution in [-0.4, -0.2) is 57.1 Å². The van der Waals surface area contributed by atoms with E-state index in [-0.39, 0.29) is 18.2 Å². The number of carbonyl (C=O) groups excluding carboxylic acids is 1. The third kappa shape index (κ3) is 5.01. The van der Waals surface area contributed by atoms with Gasteiger partial charge in [-0.2, -0.15) is 0 Å². The van der Waals surface area contributed by atoms with Crippen LogP contribution in [0.15, 0.2) is 42.7 Å². The summed E-state index contributed by atoms with van der Waals surface area (Å²) < 4.78 is 29.6. The van der Waals surface area contributed by atoms with Gasteiger partial charge >= 0.3 is 0 Å². The molecule has 0 aliphatic carbocycles. The quantitative estimate of drug-likeness (QED) is 0.803. The van der Waals surface area contributed by atoms with Crippen LogP contribution in [0.3, 0.4) is 0 Å². The fraction of sp³-hybridized carbons (Fsp3) is 0.294. The first-order valence-electron chi connectivity index (χ1n) is 7.61. The molecule has 2 rings (SSSR count). The van der Waals surface area contributed by atoms with Crippen LogP contribution in [0.4, 0.5) is 0 Å². The molecule has 0 unspecified atom stereocenters. The number of aromatic nitrogens is 1. The first kappa shape index (κ1) is 18.9. The number of sulfonamides is 1. The highest BCUT2D eigenvalue weighted by Gasteiger charge is 2.14. The van der Waals surface area contributed by atoms with E-state index in [1.54, 1.807) is 31.6 Å². The molecule has 25 heavy (non-hydrogen) atoms. The van der Waals surface area contributed by atoms with Crippen molar-refractivity contribution < 1.29 is 17.9 Å². The van der Waals surface area contributed by atoms with E-state index in [4.69, 9.17) is 4.74 Å². The van der Waals surface area contributed by atoms with Gasteiger partial charge in [0.05, 0.1) is 19.1 Å². The van der Waals surface area contributed by atoms with E-state index in [1.807, 2.05) is 18.2 Å². The maximum absolute atomic E-state index is 12.1. The lowest BCUT2D eigenvalue weighted by molar-refractivity contribution is 0.0956. The lowest BCUT2D eigenvalue weighted by Crippen LogP contribution is -2.33. The maximum Gasteiger partial charge on any atom is 0.251 e. The zero-order valence-electron chi connectivity index (χ0n) is 14.4. The van der Waals surface area contributed by atoms with Gasteiger partial charge in [0, 0.05) is 38.0 Å². The van der Waals surface area contributed by atoms with Crippen molar-refractivity contribution in [2.45, 2.75) is 0 Å². The minimum absolute atomic E-state index is 0.0565. The Morgan fingerprint density at radius 3 is 2.44 bits per heavy atom. The molecular formula is C17H21N3O4S. The Balaban J connectivity index is 2.00. The molecule has 0 aliphatic rings. The third-order valence-electron chi connectivity index (χ3n) is 3.63. The van der Waals surface area contributed by atoms with Crippen molar-refractivity contribution in [3.63, 3.8) is 0 Å².